The molecule has 0 radical (unpaired) electrons. The third-order valence-corrected chi connectivity index (χ3v) is 8.71. The Morgan fingerprint density at radius 1 is 1.03 bits per heavy atom. The highest BCUT2D eigenvalue weighted by molar-refractivity contribution is 7.90. The van der Waals surface area contributed by atoms with E-state index in [2.05, 4.69) is 15.6 Å². The van der Waals surface area contributed by atoms with E-state index in [4.69, 9.17) is 4.99 Å². The minimum Gasteiger partial charge on any atom is -0.391 e. The zero-order valence-electron chi connectivity index (χ0n) is 19.6. The van der Waals surface area contributed by atoms with Gasteiger partial charge in [-0.05, 0) is 31.0 Å². The first kappa shape index (κ1) is 22.8. The summed E-state index contributed by atoms with van der Waals surface area (Å²) < 4.78 is 28.5. The van der Waals surface area contributed by atoms with Crippen LogP contribution in [-0.4, -0.2) is 47.9 Å². The highest BCUT2D eigenvalue weighted by Crippen LogP contribution is 2.36. The number of nitrogens with zero attached hydrogens (tertiary/aromatic N) is 3. The molecule has 3 N–H and O–H groups in total. The second-order valence-electron chi connectivity index (χ2n) is 9.31. The SMILES string of the molecule is O=S(=O)(c1ccccc1)n1cc(C2=CN=CC3=CNC(N[C@@H]4CCCC[C@@H]4O)=NC32)c2ccccc21. The van der Waals surface area contributed by atoms with Gasteiger partial charge in [-0.2, -0.15) is 0 Å². The maximum atomic E-state index is 13.6. The first-order valence-electron chi connectivity index (χ1n) is 12.2. The fraction of sp³-hybridized carbons (Fsp3) is 0.259. The number of hydrogen-bond acceptors (Lipinski definition) is 7. The lowest BCUT2D eigenvalue weighted by molar-refractivity contribution is 0.0994. The smallest absolute Gasteiger partial charge is 0.268 e. The lowest BCUT2D eigenvalue weighted by Crippen LogP contribution is -2.50. The molecule has 0 saturated heterocycles. The molecule has 3 atom stereocenters. The predicted octanol–water partition coefficient (Wildman–Crippen LogP) is 3.41. The number of nitrogens with one attached hydrogen (secondary N) is 2. The molecule has 1 aromatic heterocycles. The zero-order chi connectivity index (χ0) is 24.7. The van der Waals surface area contributed by atoms with E-state index >= 15 is 0 Å². The van der Waals surface area contributed by atoms with Gasteiger partial charge >= 0.3 is 0 Å². The number of aliphatic hydroxyl groups is 1. The van der Waals surface area contributed by atoms with E-state index in [1.165, 1.54) is 3.97 Å². The average Bonchev–Trinajstić information content (AvgIpc) is 3.31. The zero-order valence-corrected chi connectivity index (χ0v) is 20.4. The van der Waals surface area contributed by atoms with E-state index in [9.17, 15) is 13.5 Å². The number of hydrogen-bond donors (Lipinski definition) is 3. The number of fused-ring (bicyclic) bond motifs is 2. The van der Waals surface area contributed by atoms with Crippen LogP contribution in [0, 0.1) is 0 Å². The average molecular weight is 502 g/mol. The standard InChI is InChI=1S/C27H27N5O3S/c33-25-13-7-5-11-23(25)30-27-29-15-18-14-28-16-21(26(18)31-27)22-17-32(24-12-6-4-10-20(22)24)36(34,35)19-8-2-1-3-9-19/h1-4,6,8-10,12,14-17,23,25-26,33H,5,7,11,13H2,(H2,29,30,31)/t23-,25+,26?/m1/s1. The summed E-state index contributed by atoms with van der Waals surface area (Å²) >= 11 is 0. The molecule has 36 heavy (non-hydrogen) atoms. The maximum Gasteiger partial charge on any atom is 0.268 e. The molecule has 8 nitrogen and oxygen atoms in total. The number of guanidine groups is 1. The monoisotopic (exact) mass is 501 g/mol. The van der Waals surface area contributed by atoms with Crippen molar-refractivity contribution in [1.82, 2.24) is 14.6 Å². The molecule has 3 aromatic rings. The Morgan fingerprint density at radius 2 is 1.81 bits per heavy atom. The van der Waals surface area contributed by atoms with Gasteiger partial charge in [0.05, 0.1) is 22.6 Å². The molecule has 1 fully saturated rings. The van der Waals surface area contributed by atoms with E-state index in [1.807, 2.05) is 30.5 Å². The van der Waals surface area contributed by atoms with Crippen molar-refractivity contribution in [2.75, 3.05) is 0 Å². The van der Waals surface area contributed by atoms with Gasteiger partial charge in [0, 0.05) is 46.9 Å². The van der Waals surface area contributed by atoms with Gasteiger partial charge in [0.15, 0.2) is 5.96 Å². The first-order valence-corrected chi connectivity index (χ1v) is 13.6. The Bertz CT molecular complexity index is 1540. The van der Waals surface area contributed by atoms with Crippen LogP contribution in [0.15, 0.2) is 93.6 Å². The van der Waals surface area contributed by atoms with E-state index in [1.54, 1.807) is 48.9 Å². The van der Waals surface area contributed by atoms with Gasteiger partial charge in [-0.25, -0.2) is 17.4 Å². The molecule has 0 spiro atoms. The van der Waals surface area contributed by atoms with Crippen LogP contribution in [0.4, 0.5) is 0 Å². The van der Waals surface area contributed by atoms with Gasteiger partial charge in [0.2, 0.25) is 0 Å². The van der Waals surface area contributed by atoms with Crippen LogP contribution in [0.1, 0.15) is 31.2 Å². The summed E-state index contributed by atoms with van der Waals surface area (Å²) in [5.41, 5.74) is 3.05. The van der Waals surface area contributed by atoms with Crippen LogP contribution < -0.4 is 10.6 Å². The van der Waals surface area contributed by atoms with Crippen LogP contribution in [0.2, 0.25) is 0 Å². The molecular formula is C27H27N5O3S. The lowest BCUT2D eigenvalue weighted by Gasteiger charge is -2.32. The van der Waals surface area contributed by atoms with Crippen molar-refractivity contribution in [3.05, 3.63) is 84.3 Å². The number of rotatable bonds is 4. The van der Waals surface area contributed by atoms with Crippen molar-refractivity contribution in [2.24, 2.45) is 9.98 Å². The van der Waals surface area contributed by atoms with E-state index in [0.29, 0.717) is 11.5 Å². The molecule has 1 saturated carbocycles. The minimum absolute atomic E-state index is 0.0532. The Balaban J connectivity index is 1.41. The Morgan fingerprint density at radius 3 is 2.64 bits per heavy atom. The number of aliphatic hydroxyl groups excluding tert-OH is 1. The number of benzene rings is 2. The quantitative estimate of drug-likeness (QED) is 0.508. The highest BCUT2D eigenvalue weighted by Gasteiger charge is 2.31. The molecule has 0 amide bonds. The van der Waals surface area contributed by atoms with Gasteiger partial charge in [0.1, 0.15) is 6.04 Å². The molecule has 2 aromatic carbocycles. The molecule has 184 valence electrons. The summed E-state index contributed by atoms with van der Waals surface area (Å²) in [4.78, 5) is 9.58. The molecule has 6 rings (SSSR count). The summed E-state index contributed by atoms with van der Waals surface area (Å²) in [5.74, 6) is 0.594. The summed E-state index contributed by atoms with van der Waals surface area (Å²) in [6.45, 7) is 0. The molecule has 1 aliphatic carbocycles. The molecule has 0 bridgehead atoms. The van der Waals surface area contributed by atoms with Gasteiger partial charge in [0.25, 0.3) is 10.0 Å². The van der Waals surface area contributed by atoms with Crippen molar-refractivity contribution in [3.8, 4) is 0 Å². The second-order valence-corrected chi connectivity index (χ2v) is 11.1. The number of para-hydroxylation sites is 1. The Labute approximate surface area is 209 Å². The van der Waals surface area contributed by atoms with Crippen LogP contribution in [-0.2, 0) is 10.0 Å². The number of aromatic nitrogens is 1. The summed E-state index contributed by atoms with van der Waals surface area (Å²) in [6, 6.07) is 15.5. The van der Waals surface area contributed by atoms with Gasteiger partial charge in [-0.1, -0.05) is 49.2 Å². The third-order valence-electron chi connectivity index (χ3n) is 7.02. The fourth-order valence-electron chi connectivity index (χ4n) is 5.14. The van der Waals surface area contributed by atoms with Crippen LogP contribution >= 0.6 is 0 Å². The van der Waals surface area contributed by atoms with E-state index < -0.39 is 16.1 Å². The topological polar surface area (TPSA) is 108 Å². The van der Waals surface area contributed by atoms with Gasteiger partial charge in [-0.15, -0.1) is 0 Å². The van der Waals surface area contributed by atoms with Gasteiger partial charge in [-0.3, -0.25) is 4.99 Å². The Hall–Kier alpha value is -3.69. The number of aliphatic imine (C=N–C) groups is 2. The van der Waals surface area contributed by atoms with Crippen LogP contribution in [0.5, 0.6) is 0 Å². The Kier molecular flexibility index (Phi) is 5.73. The highest BCUT2D eigenvalue weighted by atomic mass is 32.2. The molecule has 3 aliphatic rings. The largest absolute Gasteiger partial charge is 0.391 e. The van der Waals surface area contributed by atoms with Crippen molar-refractivity contribution in [3.63, 3.8) is 0 Å². The van der Waals surface area contributed by atoms with Crippen LogP contribution in [0.3, 0.4) is 0 Å². The van der Waals surface area contributed by atoms with Crippen molar-refractivity contribution in [2.45, 2.75) is 48.8 Å². The van der Waals surface area contributed by atoms with Crippen LogP contribution in [0.25, 0.3) is 16.5 Å². The van der Waals surface area contributed by atoms with E-state index in [-0.39, 0.29) is 17.0 Å². The molecule has 3 heterocycles. The van der Waals surface area contributed by atoms with Crippen molar-refractivity contribution in [1.29, 1.82) is 0 Å². The van der Waals surface area contributed by atoms with Crippen molar-refractivity contribution < 1.29 is 13.5 Å². The van der Waals surface area contributed by atoms with Crippen molar-refractivity contribution >= 4 is 38.7 Å². The molecule has 9 heteroatoms. The fourth-order valence-corrected chi connectivity index (χ4v) is 6.53. The molecule has 1 unspecified atom stereocenters. The summed E-state index contributed by atoms with van der Waals surface area (Å²) in [5, 5.41) is 17.8. The van der Waals surface area contributed by atoms with E-state index in [0.717, 1.165) is 47.8 Å². The first-order chi connectivity index (χ1) is 17.5. The third kappa shape index (κ3) is 3.94. The lowest BCUT2D eigenvalue weighted by atomic mass is 9.91. The normalized spacial score (nSPS) is 23.8. The minimum atomic E-state index is -3.80. The molecule has 2 aliphatic heterocycles. The summed E-state index contributed by atoms with van der Waals surface area (Å²) in [6.07, 6.45) is 10.4. The molecular weight excluding hydrogens is 474 g/mol. The van der Waals surface area contributed by atoms with Gasteiger partial charge < -0.3 is 15.7 Å². The maximum absolute atomic E-state index is 13.6. The summed E-state index contributed by atoms with van der Waals surface area (Å²) in [7, 11) is -3.80. The predicted molar refractivity (Wildman–Crippen MR) is 141 cm³/mol. The second kappa shape index (κ2) is 9.07.